The molecule has 1 aromatic rings. The van der Waals surface area contributed by atoms with E-state index < -0.39 is 0 Å². The van der Waals surface area contributed by atoms with Crippen LogP contribution in [0.15, 0.2) is 21.1 Å². The molecule has 1 aromatic carbocycles. The number of hydrogen-bond acceptors (Lipinski definition) is 2. The summed E-state index contributed by atoms with van der Waals surface area (Å²) in [4.78, 5) is 6.23. The molecule has 18 heavy (non-hydrogen) atoms. The zero-order valence-electron chi connectivity index (χ0n) is 8.70. The van der Waals surface area contributed by atoms with Gasteiger partial charge in [0.05, 0.1) is 25.3 Å². The van der Waals surface area contributed by atoms with Gasteiger partial charge in [0.1, 0.15) is 0 Å². The Morgan fingerprint density at radius 1 is 0.944 bits per heavy atom. The minimum atomic E-state index is -0.0598. The van der Waals surface area contributed by atoms with Crippen LogP contribution in [0.2, 0.25) is 0 Å². The van der Waals surface area contributed by atoms with Gasteiger partial charge in [-0.1, -0.05) is 31.9 Å². The van der Waals surface area contributed by atoms with Crippen molar-refractivity contribution in [1.82, 2.24) is 0 Å². The fourth-order valence-electron chi connectivity index (χ4n) is 1.20. The van der Waals surface area contributed by atoms with Crippen LogP contribution in [-0.4, -0.2) is 0 Å². The normalized spacial score (nSPS) is 12.3. The van der Waals surface area contributed by atoms with Gasteiger partial charge in [-0.05, 0) is 12.1 Å². The van der Waals surface area contributed by atoms with Gasteiger partial charge < -0.3 is 0 Å². The van der Waals surface area contributed by atoms with Crippen LogP contribution in [0.3, 0.4) is 0 Å². The van der Waals surface area contributed by atoms with Gasteiger partial charge in [0.15, 0.2) is 0 Å². The zero-order valence-corrected chi connectivity index (χ0v) is 11.9. The van der Waals surface area contributed by atoms with Crippen molar-refractivity contribution in [3.63, 3.8) is 0 Å². The first-order valence-electron chi connectivity index (χ1n) is 4.37. The van der Waals surface area contributed by atoms with Crippen LogP contribution < -0.4 is 10.4 Å². The van der Waals surface area contributed by atoms with Crippen LogP contribution in [0.4, 0.5) is 0 Å². The van der Waals surface area contributed by atoms with Crippen LogP contribution in [-0.2, 0) is 0 Å². The summed E-state index contributed by atoms with van der Waals surface area (Å²) in [5.41, 5.74) is -0.120. The number of rotatable bonds is 0. The summed E-state index contributed by atoms with van der Waals surface area (Å²) in [7, 11) is 0. The van der Waals surface area contributed by atoms with Crippen molar-refractivity contribution in [2.24, 2.45) is 0 Å². The standard InChI is InChI=1S/C12H2Br2N4/c1-17-11(5-15)7-3-10(14)8(4-9(7)13)12(6-16)18-2/h3-4H/b11-7-,12-8+. The lowest BCUT2D eigenvalue weighted by atomic mass is 10.2. The second-order valence-corrected chi connectivity index (χ2v) is 4.67. The molecule has 0 fully saturated rings. The third-order valence-corrected chi connectivity index (χ3v) is 3.31. The highest BCUT2D eigenvalue weighted by molar-refractivity contribution is 9.11. The van der Waals surface area contributed by atoms with Crippen molar-refractivity contribution < 1.29 is 0 Å². The van der Waals surface area contributed by atoms with Gasteiger partial charge in [-0.25, -0.2) is 20.2 Å². The summed E-state index contributed by atoms with van der Waals surface area (Å²) in [5, 5.41) is 18.5. The molecule has 0 aliphatic heterocycles. The van der Waals surface area contributed by atoms with Crippen LogP contribution in [0.5, 0.6) is 0 Å². The fourth-order valence-corrected chi connectivity index (χ4v) is 2.26. The molecule has 0 aromatic heterocycles. The molecular formula is C12H2Br2N4. The van der Waals surface area contributed by atoms with Crippen molar-refractivity contribution in [3.05, 3.63) is 54.3 Å². The molecule has 0 atom stereocenters. The van der Waals surface area contributed by atoms with E-state index in [1.165, 1.54) is 0 Å². The molecule has 6 heteroatoms. The third-order valence-electron chi connectivity index (χ3n) is 2.00. The summed E-state index contributed by atoms with van der Waals surface area (Å²) in [6, 6.07) is 6.66. The Morgan fingerprint density at radius 2 is 1.28 bits per heavy atom. The van der Waals surface area contributed by atoms with Crippen LogP contribution in [0.1, 0.15) is 0 Å². The second-order valence-electron chi connectivity index (χ2n) is 2.96. The number of nitriles is 2. The first kappa shape index (κ1) is 13.9. The molecule has 0 radical (unpaired) electrons. The molecule has 1 rings (SSSR count). The molecule has 0 aliphatic rings. The number of benzene rings is 1. The van der Waals surface area contributed by atoms with E-state index in [9.17, 15) is 0 Å². The molecule has 0 N–H and O–H groups in total. The molecule has 0 aliphatic carbocycles. The molecule has 0 amide bonds. The average molecular weight is 362 g/mol. The minimum Gasteiger partial charge on any atom is -0.226 e. The first-order chi connectivity index (χ1) is 8.58. The molecular weight excluding hydrogens is 360 g/mol. The topological polar surface area (TPSA) is 56.3 Å². The Morgan fingerprint density at radius 3 is 1.50 bits per heavy atom. The summed E-state index contributed by atoms with van der Waals surface area (Å²) >= 11 is 6.46. The average Bonchev–Trinajstić information content (AvgIpc) is 2.37. The Labute approximate surface area is 120 Å². The molecule has 0 unspecified atom stereocenters. The van der Waals surface area contributed by atoms with Gasteiger partial charge in [-0.3, -0.25) is 0 Å². The Bertz CT molecular complexity index is 693. The van der Waals surface area contributed by atoms with Crippen LogP contribution >= 0.6 is 31.9 Å². The molecule has 0 heterocycles. The molecule has 0 saturated carbocycles. The van der Waals surface area contributed by atoms with Crippen molar-refractivity contribution in [2.75, 3.05) is 0 Å². The van der Waals surface area contributed by atoms with E-state index >= 15 is 0 Å². The predicted molar refractivity (Wildman–Crippen MR) is 72.3 cm³/mol. The Kier molecular flexibility index (Phi) is 4.64. The Hall–Kier alpha value is -2.12. The van der Waals surface area contributed by atoms with Crippen molar-refractivity contribution in [2.45, 2.75) is 0 Å². The second kappa shape index (κ2) is 5.99. The molecule has 0 saturated heterocycles. The lowest BCUT2D eigenvalue weighted by Crippen LogP contribution is -2.15. The van der Waals surface area contributed by atoms with Crippen LogP contribution in [0.25, 0.3) is 21.1 Å². The molecule has 0 spiro atoms. The number of nitrogens with zero attached hydrogens (tertiary/aromatic N) is 4. The third kappa shape index (κ3) is 2.58. The van der Waals surface area contributed by atoms with Gasteiger partial charge in [0.25, 0.3) is 11.4 Å². The highest BCUT2D eigenvalue weighted by atomic mass is 79.9. The minimum absolute atomic E-state index is 0.0598. The Balaban J connectivity index is 3.96. The summed E-state index contributed by atoms with van der Waals surface area (Å²) in [6.07, 6.45) is 0. The van der Waals surface area contributed by atoms with Gasteiger partial charge in [-0.2, -0.15) is 0 Å². The van der Waals surface area contributed by atoms with Gasteiger partial charge >= 0.3 is 0 Å². The van der Waals surface area contributed by atoms with Gasteiger partial charge in [-0.15, -0.1) is 0 Å². The highest BCUT2D eigenvalue weighted by Crippen LogP contribution is 2.10. The van der Waals surface area contributed by atoms with Gasteiger partial charge in [0, 0.05) is 19.4 Å². The van der Waals surface area contributed by atoms with E-state index in [1.54, 1.807) is 24.3 Å². The smallest absolute Gasteiger partial charge is 0.226 e. The lowest BCUT2D eigenvalue weighted by Gasteiger charge is -1.98. The van der Waals surface area contributed by atoms with Crippen molar-refractivity contribution in [3.8, 4) is 12.1 Å². The van der Waals surface area contributed by atoms with Crippen LogP contribution in [0, 0.1) is 35.8 Å². The number of hydrogen-bond donors (Lipinski definition) is 0. The maximum Gasteiger partial charge on any atom is 0.270 e. The molecule has 84 valence electrons. The van der Waals surface area contributed by atoms with E-state index in [4.69, 9.17) is 23.7 Å². The predicted octanol–water partition coefficient (Wildman–Crippen LogP) is 2.31. The fraction of sp³-hybridized carbons (Fsp3) is 0. The summed E-state index contributed by atoms with van der Waals surface area (Å²) in [6.45, 7) is 13.8. The first-order valence-corrected chi connectivity index (χ1v) is 5.96. The SMILES string of the molecule is [C-]#[N+]/C(C#N)=c1/cc(Br)/c(=C(\C#N)[N+]#[C-])cc1Br. The molecule has 4 nitrogen and oxygen atoms in total. The quantitative estimate of drug-likeness (QED) is 0.666. The largest absolute Gasteiger partial charge is 0.270 e. The van der Waals surface area contributed by atoms with E-state index in [1.807, 2.05) is 0 Å². The van der Waals surface area contributed by atoms with E-state index in [0.717, 1.165) is 0 Å². The number of halogens is 2. The van der Waals surface area contributed by atoms with E-state index in [2.05, 4.69) is 41.5 Å². The van der Waals surface area contributed by atoms with E-state index in [-0.39, 0.29) is 11.4 Å². The molecule has 0 bridgehead atoms. The monoisotopic (exact) mass is 360 g/mol. The zero-order chi connectivity index (χ0) is 13.7. The maximum absolute atomic E-state index is 8.82. The highest BCUT2D eigenvalue weighted by Gasteiger charge is 2.05. The summed E-state index contributed by atoms with van der Waals surface area (Å²) in [5.74, 6) is 0. The summed E-state index contributed by atoms with van der Waals surface area (Å²) < 4.78 is 0.981. The lowest BCUT2D eigenvalue weighted by molar-refractivity contribution is 1.42. The van der Waals surface area contributed by atoms with Crippen molar-refractivity contribution in [1.29, 1.82) is 10.5 Å². The van der Waals surface area contributed by atoms with Crippen molar-refractivity contribution >= 4 is 43.3 Å². The van der Waals surface area contributed by atoms with Gasteiger partial charge in [0.2, 0.25) is 0 Å². The van der Waals surface area contributed by atoms with E-state index in [0.29, 0.717) is 19.4 Å². The maximum atomic E-state index is 8.82.